The molecule has 0 radical (unpaired) electrons. The van der Waals surface area contributed by atoms with E-state index in [1.54, 1.807) is 61.8 Å². The number of carbonyl (C=O) groups is 3. The first-order valence-electron chi connectivity index (χ1n) is 10.6. The minimum atomic E-state index is -1.26. The summed E-state index contributed by atoms with van der Waals surface area (Å²) >= 11 is 0. The molecule has 0 aliphatic carbocycles. The molecule has 2 atom stereocenters. The van der Waals surface area contributed by atoms with Gasteiger partial charge in [-0.3, -0.25) is 19.4 Å². The van der Waals surface area contributed by atoms with E-state index in [-0.39, 0.29) is 18.0 Å². The summed E-state index contributed by atoms with van der Waals surface area (Å²) in [6.45, 7) is 1.89. The minimum Gasteiger partial charge on any atom is -0.504 e. The number of methoxy groups -OCH3 is 2. The van der Waals surface area contributed by atoms with Crippen LogP contribution < -0.4 is 9.47 Å². The molecule has 1 fully saturated rings. The van der Waals surface area contributed by atoms with Crippen molar-refractivity contribution in [2.24, 2.45) is 5.92 Å². The van der Waals surface area contributed by atoms with Crippen LogP contribution in [0.15, 0.2) is 60.9 Å². The number of ketones is 2. The molecule has 1 aliphatic rings. The van der Waals surface area contributed by atoms with Crippen LogP contribution in [0, 0.1) is 12.8 Å². The molecule has 2 heterocycles. The molecule has 4 rings (SSSR count). The van der Waals surface area contributed by atoms with Gasteiger partial charge < -0.3 is 19.5 Å². The predicted molar refractivity (Wildman–Crippen MR) is 123 cm³/mol. The Labute approximate surface area is 196 Å². The van der Waals surface area contributed by atoms with Crippen molar-refractivity contribution in [1.29, 1.82) is 0 Å². The number of aromatic nitrogens is 1. The first-order valence-corrected chi connectivity index (χ1v) is 10.6. The number of nitrogens with zero attached hydrogens (tertiary/aromatic N) is 2. The zero-order chi connectivity index (χ0) is 24.4. The van der Waals surface area contributed by atoms with E-state index in [9.17, 15) is 19.5 Å². The largest absolute Gasteiger partial charge is 0.504 e. The van der Waals surface area contributed by atoms with Crippen LogP contribution in [0.2, 0.25) is 0 Å². The highest BCUT2D eigenvalue weighted by Crippen LogP contribution is 2.41. The molecule has 1 aliphatic heterocycles. The summed E-state index contributed by atoms with van der Waals surface area (Å²) in [4.78, 5) is 45.4. The quantitative estimate of drug-likeness (QED) is 0.328. The Morgan fingerprint density at radius 3 is 2.47 bits per heavy atom. The highest BCUT2D eigenvalue weighted by Gasteiger charge is 2.51. The van der Waals surface area contributed by atoms with Crippen LogP contribution in [0.5, 0.6) is 17.2 Å². The number of carbonyl (C=O) groups excluding carboxylic acids is 3. The number of likely N-dealkylation sites (tertiary alicyclic amines) is 1. The van der Waals surface area contributed by atoms with Gasteiger partial charge in [-0.2, -0.15) is 0 Å². The second kappa shape index (κ2) is 9.35. The van der Waals surface area contributed by atoms with Gasteiger partial charge in [-0.1, -0.05) is 12.1 Å². The summed E-state index contributed by atoms with van der Waals surface area (Å²) < 4.78 is 10.5. The molecule has 34 heavy (non-hydrogen) atoms. The van der Waals surface area contributed by atoms with Crippen molar-refractivity contribution in [2.75, 3.05) is 14.2 Å². The molecule has 2 aromatic carbocycles. The van der Waals surface area contributed by atoms with Crippen molar-refractivity contribution in [2.45, 2.75) is 19.5 Å². The standard InChI is InChI=1S/C26H24N2O6/c1-15-11-18(7-9-20(15)33-2)24(30)22-23(17-6-8-19(29)21(12-17)34-3)28(26(32)25(22)31)14-16-5-4-10-27-13-16/h4-13,22-23,29H,14H2,1-3H3. The van der Waals surface area contributed by atoms with Crippen molar-refractivity contribution >= 4 is 17.5 Å². The van der Waals surface area contributed by atoms with E-state index in [2.05, 4.69) is 4.98 Å². The van der Waals surface area contributed by atoms with E-state index in [1.807, 2.05) is 0 Å². The zero-order valence-corrected chi connectivity index (χ0v) is 19.0. The van der Waals surface area contributed by atoms with Gasteiger partial charge in [-0.05, 0) is 60.0 Å². The monoisotopic (exact) mass is 460 g/mol. The van der Waals surface area contributed by atoms with E-state index in [4.69, 9.17) is 9.47 Å². The molecule has 1 aromatic heterocycles. The van der Waals surface area contributed by atoms with Crippen LogP contribution >= 0.6 is 0 Å². The number of pyridine rings is 1. The van der Waals surface area contributed by atoms with Gasteiger partial charge in [0.25, 0.3) is 5.91 Å². The Hall–Kier alpha value is -4.20. The second-order valence-corrected chi connectivity index (χ2v) is 8.06. The van der Waals surface area contributed by atoms with Gasteiger partial charge in [0.2, 0.25) is 5.78 Å². The highest BCUT2D eigenvalue weighted by molar-refractivity contribution is 6.44. The normalized spacial score (nSPS) is 17.7. The molecule has 1 saturated heterocycles. The third-order valence-electron chi connectivity index (χ3n) is 5.99. The van der Waals surface area contributed by atoms with Crippen LogP contribution in [0.3, 0.4) is 0 Å². The number of Topliss-reactive ketones (excluding diaryl/α,β-unsaturated/α-hetero) is 2. The number of phenolic OH excluding ortho intramolecular Hbond substituents is 1. The van der Waals surface area contributed by atoms with Crippen molar-refractivity contribution in [3.8, 4) is 17.2 Å². The maximum atomic E-state index is 13.6. The van der Waals surface area contributed by atoms with E-state index < -0.39 is 29.4 Å². The number of rotatable bonds is 7. The summed E-state index contributed by atoms with van der Waals surface area (Å²) in [5.74, 6) is -2.54. The number of hydrogen-bond acceptors (Lipinski definition) is 7. The first-order chi connectivity index (χ1) is 16.3. The van der Waals surface area contributed by atoms with Gasteiger partial charge in [0.15, 0.2) is 17.3 Å². The van der Waals surface area contributed by atoms with Crippen molar-refractivity contribution < 1.29 is 29.0 Å². The summed E-state index contributed by atoms with van der Waals surface area (Å²) in [6.07, 6.45) is 3.22. The van der Waals surface area contributed by atoms with Crippen LogP contribution in [-0.4, -0.2) is 46.7 Å². The summed E-state index contributed by atoms with van der Waals surface area (Å²) in [6, 6.07) is 12.1. The molecule has 174 valence electrons. The third-order valence-corrected chi connectivity index (χ3v) is 5.99. The molecule has 0 saturated carbocycles. The Morgan fingerprint density at radius 2 is 1.82 bits per heavy atom. The highest BCUT2D eigenvalue weighted by atomic mass is 16.5. The Kier molecular flexibility index (Phi) is 6.32. The molecule has 2 unspecified atom stereocenters. The van der Waals surface area contributed by atoms with Crippen molar-refractivity contribution in [3.05, 3.63) is 83.2 Å². The fraction of sp³-hybridized carbons (Fsp3) is 0.231. The van der Waals surface area contributed by atoms with E-state index in [0.29, 0.717) is 22.4 Å². The fourth-order valence-corrected chi connectivity index (χ4v) is 4.31. The van der Waals surface area contributed by atoms with Crippen molar-refractivity contribution in [3.63, 3.8) is 0 Å². The maximum absolute atomic E-state index is 13.6. The van der Waals surface area contributed by atoms with Gasteiger partial charge in [0.1, 0.15) is 11.7 Å². The van der Waals surface area contributed by atoms with Crippen LogP contribution in [-0.2, 0) is 16.1 Å². The molecule has 8 nitrogen and oxygen atoms in total. The lowest BCUT2D eigenvalue weighted by atomic mass is 9.85. The molecule has 3 aromatic rings. The van der Waals surface area contributed by atoms with Crippen LogP contribution in [0.25, 0.3) is 0 Å². The van der Waals surface area contributed by atoms with Gasteiger partial charge in [-0.15, -0.1) is 0 Å². The lowest BCUT2D eigenvalue weighted by molar-refractivity contribution is -0.141. The fourth-order valence-electron chi connectivity index (χ4n) is 4.31. The Morgan fingerprint density at radius 1 is 1.06 bits per heavy atom. The van der Waals surface area contributed by atoms with Crippen LogP contribution in [0.4, 0.5) is 0 Å². The van der Waals surface area contributed by atoms with Crippen molar-refractivity contribution in [1.82, 2.24) is 9.88 Å². The lowest BCUT2D eigenvalue weighted by Crippen LogP contribution is -2.30. The van der Waals surface area contributed by atoms with Crippen LogP contribution in [0.1, 0.15) is 33.1 Å². The van der Waals surface area contributed by atoms with Gasteiger partial charge >= 0.3 is 0 Å². The molecule has 0 spiro atoms. The van der Waals surface area contributed by atoms with E-state index in [0.717, 1.165) is 5.56 Å². The lowest BCUT2D eigenvalue weighted by Gasteiger charge is -2.27. The third kappa shape index (κ3) is 4.10. The number of benzene rings is 2. The maximum Gasteiger partial charge on any atom is 0.291 e. The molecule has 8 heteroatoms. The summed E-state index contributed by atoms with van der Waals surface area (Å²) in [7, 11) is 2.94. The molecule has 1 amide bonds. The molecule has 0 bridgehead atoms. The van der Waals surface area contributed by atoms with Gasteiger partial charge in [-0.25, -0.2) is 0 Å². The zero-order valence-electron chi connectivity index (χ0n) is 19.0. The minimum absolute atomic E-state index is 0.0886. The Balaban J connectivity index is 1.81. The number of phenols is 1. The Bertz CT molecular complexity index is 1260. The smallest absolute Gasteiger partial charge is 0.291 e. The summed E-state index contributed by atoms with van der Waals surface area (Å²) in [5, 5.41) is 10.1. The van der Waals surface area contributed by atoms with E-state index >= 15 is 0 Å². The van der Waals surface area contributed by atoms with Gasteiger partial charge in [0.05, 0.1) is 20.3 Å². The average molecular weight is 460 g/mol. The number of aryl methyl sites for hydroxylation is 1. The number of aromatic hydroxyl groups is 1. The predicted octanol–water partition coefficient (Wildman–Crippen LogP) is 3.26. The second-order valence-electron chi connectivity index (χ2n) is 8.06. The van der Waals surface area contributed by atoms with Gasteiger partial charge in [0, 0.05) is 24.5 Å². The van der Waals surface area contributed by atoms with E-state index in [1.165, 1.54) is 25.2 Å². The number of amides is 1. The number of ether oxygens (including phenoxy) is 2. The SMILES string of the molecule is COc1ccc(C(=O)C2C(=O)C(=O)N(Cc3cccnc3)C2c2ccc(O)c(OC)c2)cc1C. The first kappa shape index (κ1) is 23.0. The molecular weight excluding hydrogens is 436 g/mol. The topological polar surface area (TPSA) is 106 Å². The molecular formula is C26H24N2O6. The number of hydrogen-bond donors (Lipinski definition) is 1. The summed E-state index contributed by atoms with van der Waals surface area (Å²) in [5.41, 5.74) is 2.26. The molecule has 1 N–H and O–H groups in total. The average Bonchev–Trinajstić information content (AvgIpc) is 3.09.